The van der Waals surface area contributed by atoms with Gasteiger partial charge in [-0.25, -0.2) is 4.39 Å². The van der Waals surface area contributed by atoms with Gasteiger partial charge in [-0.2, -0.15) is 0 Å². The van der Waals surface area contributed by atoms with Gasteiger partial charge >= 0.3 is 0 Å². The second-order valence-electron chi connectivity index (χ2n) is 6.05. The Labute approximate surface area is 136 Å². The molecule has 0 radical (unpaired) electrons. The Kier molecular flexibility index (Phi) is 4.60. The van der Waals surface area contributed by atoms with E-state index in [-0.39, 0.29) is 5.91 Å². The van der Waals surface area contributed by atoms with Crippen molar-refractivity contribution in [3.63, 3.8) is 0 Å². The Bertz CT molecular complexity index is 684. The van der Waals surface area contributed by atoms with Crippen molar-refractivity contribution < 1.29 is 9.18 Å². The summed E-state index contributed by atoms with van der Waals surface area (Å²) in [5.41, 5.74) is 2.22. The average Bonchev–Trinajstić information content (AvgIpc) is 2.56. The molecule has 1 heterocycles. The molecule has 0 unspecified atom stereocenters. The van der Waals surface area contributed by atoms with E-state index < -0.39 is 5.82 Å². The number of nitrogens with one attached hydrogen (secondary N) is 1. The van der Waals surface area contributed by atoms with Crippen molar-refractivity contribution in [3.8, 4) is 0 Å². The fraction of sp³-hybridized carbons (Fsp3) is 0.316. The van der Waals surface area contributed by atoms with Crippen LogP contribution in [0.5, 0.6) is 0 Å². The molecule has 1 atom stereocenters. The van der Waals surface area contributed by atoms with Crippen molar-refractivity contribution in [2.24, 2.45) is 0 Å². The van der Waals surface area contributed by atoms with Gasteiger partial charge in [-0.3, -0.25) is 4.79 Å². The average molecular weight is 312 g/mol. The van der Waals surface area contributed by atoms with Gasteiger partial charge < -0.3 is 10.2 Å². The minimum atomic E-state index is -0.410. The molecular weight excluding hydrogens is 291 g/mol. The van der Waals surface area contributed by atoms with Crippen molar-refractivity contribution in [2.75, 3.05) is 16.8 Å². The summed E-state index contributed by atoms with van der Waals surface area (Å²) in [7, 11) is 0. The molecule has 1 N–H and O–H groups in total. The van der Waals surface area contributed by atoms with E-state index in [1.807, 2.05) is 24.3 Å². The molecule has 4 heteroatoms. The first-order valence-corrected chi connectivity index (χ1v) is 8.07. The number of amides is 1. The summed E-state index contributed by atoms with van der Waals surface area (Å²) < 4.78 is 13.2. The van der Waals surface area contributed by atoms with E-state index in [0.717, 1.165) is 6.54 Å². The highest BCUT2D eigenvalue weighted by Crippen LogP contribution is 2.25. The minimum absolute atomic E-state index is 0.302. The summed E-state index contributed by atoms with van der Waals surface area (Å²) in [5, 5.41) is 2.80. The van der Waals surface area contributed by atoms with E-state index in [1.165, 1.54) is 43.1 Å². The van der Waals surface area contributed by atoms with Crippen LogP contribution < -0.4 is 10.2 Å². The number of benzene rings is 2. The van der Waals surface area contributed by atoms with Crippen molar-refractivity contribution in [1.29, 1.82) is 0 Å². The third kappa shape index (κ3) is 3.70. The summed E-state index contributed by atoms with van der Waals surface area (Å²) in [5.74, 6) is -0.712. The second kappa shape index (κ2) is 6.82. The molecule has 3 nitrogen and oxygen atoms in total. The Hall–Kier alpha value is -2.36. The van der Waals surface area contributed by atoms with E-state index >= 15 is 0 Å². The van der Waals surface area contributed by atoms with Crippen molar-refractivity contribution in [3.05, 3.63) is 59.9 Å². The molecule has 3 rings (SSSR count). The highest BCUT2D eigenvalue weighted by Gasteiger charge is 2.18. The molecule has 120 valence electrons. The fourth-order valence-corrected chi connectivity index (χ4v) is 3.05. The number of piperidine rings is 1. The largest absolute Gasteiger partial charge is 0.369 e. The molecule has 1 aliphatic heterocycles. The first kappa shape index (κ1) is 15.5. The normalized spacial score (nSPS) is 17.8. The van der Waals surface area contributed by atoms with Gasteiger partial charge in [-0.1, -0.05) is 6.07 Å². The molecule has 23 heavy (non-hydrogen) atoms. The number of rotatable bonds is 3. The Morgan fingerprint density at radius 2 is 1.96 bits per heavy atom. The molecule has 0 aliphatic carbocycles. The van der Waals surface area contributed by atoms with E-state index in [4.69, 9.17) is 0 Å². The van der Waals surface area contributed by atoms with Gasteiger partial charge in [0.1, 0.15) is 5.82 Å². The highest BCUT2D eigenvalue weighted by molar-refractivity contribution is 6.04. The van der Waals surface area contributed by atoms with Crippen LogP contribution in [-0.2, 0) is 0 Å². The van der Waals surface area contributed by atoms with Crippen LogP contribution in [0.15, 0.2) is 48.5 Å². The van der Waals surface area contributed by atoms with Gasteiger partial charge in [0.15, 0.2) is 0 Å². The minimum Gasteiger partial charge on any atom is -0.369 e. The molecule has 1 aliphatic rings. The van der Waals surface area contributed by atoms with Crippen molar-refractivity contribution >= 4 is 17.3 Å². The predicted octanol–water partition coefficient (Wildman–Crippen LogP) is 4.46. The molecule has 1 saturated heterocycles. The monoisotopic (exact) mass is 312 g/mol. The highest BCUT2D eigenvalue weighted by atomic mass is 19.1. The smallest absolute Gasteiger partial charge is 0.255 e. The standard InChI is InChI=1S/C19H21FN2O/c1-14-5-2-3-12-22(14)18-10-8-17(9-11-18)21-19(23)15-6-4-7-16(20)13-15/h4,6-11,13-14H,2-3,5,12H2,1H3,(H,21,23)/t14-/m0/s1. The first-order chi connectivity index (χ1) is 11.1. The molecule has 1 fully saturated rings. The lowest BCUT2D eigenvalue weighted by Crippen LogP contribution is -2.37. The molecule has 2 aromatic rings. The zero-order chi connectivity index (χ0) is 16.2. The summed E-state index contributed by atoms with van der Waals surface area (Å²) >= 11 is 0. The number of anilines is 2. The van der Waals surface area contributed by atoms with Crippen LogP contribution in [0.4, 0.5) is 15.8 Å². The summed E-state index contributed by atoms with van der Waals surface area (Å²) in [4.78, 5) is 14.5. The van der Waals surface area contributed by atoms with E-state index in [1.54, 1.807) is 6.07 Å². The number of hydrogen-bond acceptors (Lipinski definition) is 2. The van der Waals surface area contributed by atoms with Crippen LogP contribution >= 0.6 is 0 Å². The van der Waals surface area contributed by atoms with E-state index in [9.17, 15) is 9.18 Å². The maximum atomic E-state index is 13.2. The molecule has 0 bridgehead atoms. The Morgan fingerprint density at radius 1 is 1.17 bits per heavy atom. The van der Waals surface area contributed by atoms with Gasteiger partial charge in [-0.05, 0) is 68.7 Å². The number of carbonyl (C=O) groups excluding carboxylic acids is 1. The number of hydrogen-bond donors (Lipinski definition) is 1. The molecule has 1 amide bonds. The molecule has 0 saturated carbocycles. The van der Waals surface area contributed by atoms with Crippen molar-refractivity contribution in [2.45, 2.75) is 32.2 Å². The first-order valence-electron chi connectivity index (χ1n) is 8.07. The fourth-order valence-electron chi connectivity index (χ4n) is 3.05. The lowest BCUT2D eigenvalue weighted by atomic mass is 10.0. The van der Waals surface area contributed by atoms with Crippen LogP contribution in [0.1, 0.15) is 36.5 Å². The van der Waals surface area contributed by atoms with E-state index in [2.05, 4.69) is 17.1 Å². The third-order valence-electron chi connectivity index (χ3n) is 4.35. The summed E-state index contributed by atoms with van der Waals surface area (Å²) in [6.45, 7) is 3.33. The third-order valence-corrected chi connectivity index (χ3v) is 4.35. The molecular formula is C19H21FN2O. The second-order valence-corrected chi connectivity index (χ2v) is 6.05. The van der Waals surface area contributed by atoms with E-state index in [0.29, 0.717) is 17.3 Å². The van der Waals surface area contributed by atoms with Crippen LogP contribution in [0.25, 0.3) is 0 Å². The van der Waals surface area contributed by atoms with Crippen molar-refractivity contribution in [1.82, 2.24) is 0 Å². The number of halogens is 1. The van der Waals surface area contributed by atoms with Gasteiger partial charge in [0.05, 0.1) is 0 Å². The SMILES string of the molecule is C[C@H]1CCCCN1c1ccc(NC(=O)c2cccc(F)c2)cc1. The van der Waals surface area contributed by atoms with Gasteiger partial charge in [-0.15, -0.1) is 0 Å². The molecule has 0 aromatic heterocycles. The number of carbonyl (C=O) groups is 1. The zero-order valence-corrected chi connectivity index (χ0v) is 13.3. The maximum Gasteiger partial charge on any atom is 0.255 e. The Morgan fingerprint density at radius 3 is 2.65 bits per heavy atom. The quantitative estimate of drug-likeness (QED) is 0.907. The van der Waals surface area contributed by atoms with Gasteiger partial charge in [0.25, 0.3) is 5.91 Å². The van der Waals surface area contributed by atoms with Crippen LogP contribution in [0.3, 0.4) is 0 Å². The van der Waals surface area contributed by atoms with Crippen LogP contribution in [-0.4, -0.2) is 18.5 Å². The Balaban J connectivity index is 1.69. The van der Waals surface area contributed by atoms with Crippen LogP contribution in [0.2, 0.25) is 0 Å². The summed E-state index contributed by atoms with van der Waals surface area (Å²) in [6, 6.07) is 14.1. The predicted molar refractivity (Wildman–Crippen MR) is 91.5 cm³/mol. The lowest BCUT2D eigenvalue weighted by molar-refractivity contribution is 0.102. The summed E-state index contributed by atoms with van der Waals surface area (Å²) in [6.07, 6.45) is 3.74. The maximum absolute atomic E-state index is 13.2. The van der Waals surface area contributed by atoms with Gasteiger partial charge in [0.2, 0.25) is 0 Å². The lowest BCUT2D eigenvalue weighted by Gasteiger charge is -2.35. The van der Waals surface area contributed by atoms with Crippen LogP contribution in [0, 0.1) is 5.82 Å². The zero-order valence-electron chi connectivity index (χ0n) is 13.3. The van der Waals surface area contributed by atoms with Gasteiger partial charge in [0, 0.05) is 29.5 Å². The number of nitrogens with zero attached hydrogens (tertiary/aromatic N) is 1. The molecule has 2 aromatic carbocycles. The topological polar surface area (TPSA) is 32.3 Å². The molecule has 0 spiro atoms.